The van der Waals surface area contributed by atoms with E-state index in [2.05, 4.69) is 21.9 Å². The fourth-order valence-electron chi connectivity index (χ4n) is 3.09. The van der Waals surface area contributed by atoms with E-state index in [0.717, 1.165) is 33.2 Å². The standard InChI is InChI=1S/C22H22N4OS/c1-4-7-18-17(14-15-10-12-16(13-11-15)25(2)3)21(27)26(24-18)22-23-19-8-5-6-9-20(19)28-22/h5-14,24H,4H2,1-3H3/b17-14-,18-7-. The zero-order chi connectivity index (χ0) is 19.7. The number of aromatic nitrogens is 3. The van der Waals surface area contributed by atoms with Crippen molar-refractivity contribution in [3.05, 3.63) is 75.0 Å². The van der Waals surface area contributed by atoms with E-state index in [9.17, 15) is 4.79 Å². The van der Waals surface area contributed by atoms with E-state index in [4.69, 9.17) is 0 Å². The third-order valence-electron chi connectivity index (χ3n) is 4.56. The Bertz CT molecular complexity index is 1260. The summed E-state index contributed by atoms with van der Waals surface area (Å²) in [6.45, 7) is 2.06. The molecule has 4 rings (SSSR count). The maximum atomic E-state index is 13.2. The van der Waals surface area contributed by atoms with Crippen LogP contribution in [0.2, 0.25) is 0 Å². The molecule has 6 heteroatoms. The first kappa shape index (κ1) is 18.3. The van der Waals surface area contributed by atoms with Gasteiger partial charge in [-0.3, -0.25) is 9.89 Å². The number of para-hydroxylation sites is 1. The summed E-state index contributed by atoms with van der Waals surface area (Å²) in [6.07, 6.45) is 4.80. The molecule has 0 spiro atoms. The van der Waals surface area contributed by atoms with Crippen molar-refractivity contribution < 1.29 is 0 Å². The summed E-state index contributed by atoms with van der Waals surface area (Å²) in [5.74, 6) is 0. The summed E-state index contributed by atoms with van der Waals surface area (Å²) in [7, 11) is 4.02. The van der Waals surface area contributed by atoms with Crippen LogP contribution in [0.4, 0.5) is 5.69 Å². The first-order chi connectivity index (χ1) is 13.6. The molecule has 0 saturated carbocycles. The molecule has 0 bridgehead atoms. The van der Waals surface area contributed by atoms with Gasteiger partial charge < -0.3 is 4.90 Å². The predicted octanol–water partition coefficient (Wildman–Crippen LogP) is 2.86. The predicted molar refractivity (Wildman–Crippen MR) is 118 cm³/mol. The topological polar surface area (TPSA) is 53.9 Å². The number of benzene rings is 2. The third kappa shape index (κ3) is 3.39. The third-order valence-corrected chi connectivity index (χ3v) is 5.58. The van der Waals surface area contributed by atoms with Gasteiger partial charge in [0.15, 0.2) is 0 Å². The van der Waals surface area contributed by atoms with Crippen LogP contribution in [0.5, 0.6) is 0 Å². The van der Waals surface area contributed by atoms with Gasteiger partial charge in [0.2, 0.25) is 5.13 Å². The molecule has 0 aliphatic rings. The quantitative estimate of drug-likeness (QED) is 0.583. The summed E-state index contributed by atoms with van der Waals surface area (Å²) < 4.78 is 2.61. The van der Waals surface area contributed by atoms with Gasteiger partial charge in [-0.25, -0.2) is 4.98 Å². The molecule has 2 aromatic heterocycles. The van der Waals surface area contributed by atoms with Crippen LogP contribution in [0, 0.1) is 0 Å². The van der Waals surface area contributed by atoms with Crippen LogP contribution in [0.25, 0.3) is 27.5 Å². The molecular weight excluding hydrogens is 368 g/mol. The Labute approximate surface area is 166 Å². The SMILES string of the molecule is CC/C=c1\[nH]n(-c2nc3ccccc3s2)c(=O)\c1=C/c1ccc(N(C)C)cc1. The average molecular weight is 391 g/mol. The largest absolute Gasteiger partial charge is 0.378 e. The molecule has 0 saturated heterocycles. The highest BCUT2D eigenvalue weighted by Gasteiger charge is 2.10. The molecule has 0 amide bonds. The molecule has 0 aliphatic heterocycles. The molecule has 0 unspecified atom stereocenters. The van der Waals surface area contributed by atoms with Gasteiger partial charge in [-0.2, -0.15) is 4.68 Å². The lowest BCUT2D eigenvalue weighted by Crippen LogP contribution is -2.34. The molecule has 142 valence electrons. The Morgan fingerprint density at radius 2 is 1.89 bits per heavy atom. The molecule has 0 atom stereocenters. The Hall–Kier alpha value is -3.12. The number of rotatable bonds is 4. The fourth-order valence-corrected chi connectivity index (χ4v) is 4.02. The van der Waals surface area contributed by atoms with E-state index in [1.165, 1.54) is 11.3 Å². The van der Waals surface area contributed by atoms with Crippen LogP contribution in [0.3, 0.4) is 0 Å². The van der Waals surface area contributed by atoms with E-state index in [-0.39, 0.29) is 5.56 Å². The minimum Gasteiger partial charge on any atom is -0.378 e. The number of nitrogens with one attached hydrogen (secondary N) is 1. The molecule has 0 fully saturated rings. The second kappa shape index (κ2) is 7.48. The van der Waals surface area contributed by atoms with Crippen molar-refractivity contribution in [2.45, 2.75) is 13.3 Å². The van der Waals surface area contributed by atoms with Crippen LogP contribution in [0.1, 0.15) is 18.9 Å². The Kier molecular flexibility index (Phi) is 4.88. The lowest BCUT2D eigenvalue weighted by atomic mass is 10.1. The monoisotopic (exact) mass is 390 g/mol. The van der Waals surface area contributed by atoms with Gasteiger partial charge in [0.25, 0.3) is 5.56 Å². The number of hydrogen-bond acceptors (Lipinski definition) is 4. The van der Waals surface area contributed by atoms with Crippen molar-refractivity contribution in [2.75, 3.05) is 19.0 Å². The molecule has 1 N–H and O–H groups in total. The van der Waals surface area contributed by atoms with Crippen LogP contribution in [-0.4, -0.2) is 28.9 Å². The second-order valence-electron chi connectivity index (χ2n) is 6.79. The van der Waals surface area contributed by atoms with Gasteiger partial charge in [-0.1, -0.05) is 48.6 Å². The highest BCUT2D eigenvalue weighted by atomic mass is 32.1. The first-order valence-electron chi connectivity index (χ1n) is 9.23. The van der Waals surface area contributed by atoms with Gasteiger partial charge in [0.05, 0.1) is 20.8 Å². The zero-order valence-electron chi connectivity index (χ0n) is 16.1. The molecule has 2 heterocycles. The lowest BCUT2D eigenvalue weighted by molar-refractivity contribution is 0.830. The Morgan fingerprint density at radius 3 is 2.57 bits per heavy atom. The second-order valence-corrected chi connectivity index (χ2v) is 7.80. The summed E-state index contributed by atoms with van der Waals surface area (Å²) in [5.41, 5.74) is 2.92. The molecule has 4 aromatic rings. The molecule has 28 heavy (non-hydrogen) atoms. The first-order valence-corrected chi connectivity index (χ1v) is 10.0. The minimum absolute atomic E-state index is 0.0876. The van der Waals surface area contributed by atoms with Crippen LogP contribution < -0.4 is 21.0 Å². The number of thiazole rings is 1. The maximum absolute atomic E-state index is 13.2. The smallest absolute Gasteiger partial charge is 0.281 e. The number of anilines is 1. The summed E-state index contributed by atoms with van der Waals surface area (Å²) in [6, 6.07) is 16.1. The molecular formula is C22H22N4OS. The number of hydrogen-bond donors (Lipinski definition) is 1. The highest BCUT2D eigenvalue weighted by Crippen LogP contribution is 2.22. The normalized spacial score (nSPS) is 12.8. The van der Waals surface area contributed by atoms with Crippen molar-refractivity contribution in [1.29, 1.82) is 0 Å². The highest BCUT2D eigenvalue weighted by molar-refractivity contribution is 7.20. The summed E-state index contributed by atoms with van der Waals surface area (Å²) in [5, 5.41) is 5.36. The number of aromatic amines is 1. The van der Waals surface area contributed by atoms with Crippen molar-refractivity contribution in [1.82, 2.24) is 14.8 Å². The molecule has 0 radical (unpaired) electrons. The van der Waals surface area contributed by atoms with Crippen molar-refractivity contribution in [2.24, 2.45) is 0 Å². The molecule has 2 aromatic carbocycles. The van der Waals surface area contributed by atoms with E-state index in [1.54, 1.807) is 4.68 Å². The van der Waals surface area contributed by atoms with Crippen molar-refractivity contribution in [3.8, 4) is 5.13 Å². The van der Waals surface area contributed by atoms with Gasteiger partial charge in [0, 0.05) is 19.8 Å². The Morgan fingerprint density at radius 1 is 1.14 bits per heavy atom. The van der Waals surface area contributed by atoms with Crippen LogP contribution in [-0.2, 0) is 0 Å². The van der Waals surface area contributed by atoms with Crippen molar-refractivity contribution >= 4 is 39.4 Å². The van der Waals surface area contributed by atoms with Gasteiger partial charge in [0.1, 0.15) is 0 Å². The fraction of sp³-hybridized carbons (Fsp3) is 0.182. The van der Waals surface area contributed by atoms with E-state index < -0.39 is 0 Å². The van der Waals surface area contributed by atoms with E-state index in [1.807, 2.05) is 74.8 Å². The minimum atomic E-state index is -0.0876. The summed E-state index contributed by atoms with van der Waals surface area (Å²) >= 11 is 1.50. The van der Waals surface area contributed by atoms with Crippen LogP contribution >= 0.6 is 11.3 Å². The summed E-state index contributed by atoms with van der Waals surface area (Å²) in [4.78, 5) is 19.8. The van der Waals surface area contributed by atoms with E-state index >= 15 is 0 Å². The molecule has 0 aliphatic carbocycles. The maximum Gasteiger partial charge on any atom is 0.281 e. The van der Waals surface area contributed by atoms with Gasteiger partial charge >= 0.3 is 0 Å². The lowest BCUT2D eigenvalue weighted by Gasteiger charge is -2.11. The van der Waals surface area contributed by atoms with Gasteiger partial charge in [-0.05, 0) is 42.3 Å². The Balaban J connectivity index is 1.88. The van der Waals surface area contributed by atoms with Crippen LogP contribution in [0.15, 0.2) is 53.3 Å². The zero-order valence-corrected chi connectivity index (χ0v) is 17.0. The van der Waals surface area contributed by atoms with Gasteiger partial charge in [-0.15, -0.1) is 0 Å². The number of nitrogens with zero attached hydrogens (tertiary/aromatic N) is 3. The number of H-pyrrole nitrogens is 1. The van der Waals surface area contributed by atoms with Crippen molar-refractivity contribution in [3.63, 3.8) is 0 Å². The average Bonchev–Trinajstić information content (AvgIpc) is 3.25. The number of fused-ring (bicyclic) bond motifs is 1. The molecule has 5 nitrogen and oxygen atoms in total. The van der Waals surface area contributed by atoms with E-state index in [0.29, 0.717) is 10.4 Å².